The summed E-state index contributed by atoms with van der Waals surface area (Å²) < 4.78 is 19.7. The number of nitrogens with one attached hydrogen (secondary N) is 1. The second-order valence-corrected chi connectivity index (χ2v) is 11.2. The molecule has 3 heterocycles. The largest absolute Gasteiger partial charge is 0.489 e. The van der Waals surface area contributed by atoms with Gasteiger partial charge in [0.25, 0.3) is 5.69 Å². The first kappa shape index (κ1) is 25.0. The average Bonchev–Trinajstić information content (AvgIpc) is 3.42. The van der Waals surface area contributed by atoms with Gasteiger partial charge in [-0.2, -0.15) is 0 Å². The van der Waals surface area contributed by atoms with Gasteiger partial charge in [-0.05, 0) is 35.9 Å². The van der Waals surface area contributed by atoms with Crippen molar-refractivity contribution in [3.63, 3.8) is 0 Å². The molecule has 2 amide bonds. The van der Waals surface area contributed by atoms with E-state index in [0.717, 1.165) is 45.7 Å². The van der Waals surface area contributed by atoms with E-state index in [4.69, 9.17) is 4.74 Å². The summed E-state index contributed by atoms with van der Waals surface area (Å²) in [4.78, 5) is 54.9. The van der Waals surface area contributed by atoms with Crippen molar-refractivity contribution in [2.45, 2.75) is 22.8 Å². The summed E-state index contributed by atoms with van der Waals surface area (Å²) in [5, 5.41) is 11.3. The van der Waals surface area contributed by atoms with E-state index < -0.39 is 39.6 Å². The molecule has 9 nitrogen and oxygen atoms in total. The minimum atomic E-state index is -0.979. The summed E-state index contributed by atoms with van der Waals surface area (Å²) >= 11 is 1.97. The summed E-state index contributed by atoms with van der Waals surface area (Å²) in [5.74, 6) is -3.12. The van der Waals surface area contributed by atoms with Crippen LogP contribution in [-0.4, -0.2) is 27.0 Å². The third-order valence-electron chi connectivity index (χ3n) is 6.69. The number of thioether (sulfide) groups is 1. The van der Waals surface area contributed by atoms with Gasteiger partial charge in [-0.25, -0.2) is 9.29 Å². The molecule has 3 atom stereocenters. The number of nitro benzene ring substituents is 1. The number of rotatable bonds is 6. The smallest absolute Gasteiger partial charge is 0.305 e. The number of benzene rings is 3. The number of thiazole rings is 1. The molecule has 0 bridgehead atoms. The molecule has 2 aliphatic heterocycles. The zero-order valence-electron chi connectivity index (χ0n) is 19.9. The van der Waals surface area contributed by atoms with Crippen LogP contribution in [0.3, 0.4) is 0 Å². The van der Waals surface area contributed by atoms with Gasteiger partial charge < -0.3 is 9.72 Å². The Hall–Kier alpha value is -4.29. The number of nitro groups is 1. The first-order chi connectivity index (χ1) is 18.8. The number of anilines is 1. The predicted octanol–water partition coefficient (Wildman–Crippen LogP) is 4.86. The molecule has 0 radical (unpaired) electrons. The highest BCUT2D eigenvalue weighted by Crippen LogP contribution is 2.55. The monoisotopic (exact) mass is 563 g/mol. The molecule has 6 rings (SSSR count). The van der Waals surface area contributed by atoms with Gasteiger partial charge >= 0.3 is 4.87 Å². The Bertz CT molecular complexity index is 1670. The Kier molecular flexibility index (Phi) is 6.28. The molecule has 0 saturated carbocycles. The highest BCUT2D eigenvalue weighted by molar-refractivity contribution is 8.00. The van der Waals surface area contributed by atoms with Crippen LogP contribution in [-0.2, 0) is 16.2 Å². The lowest BCUT2D eigenvalue weighted by molar-refractivity contribution is -0.385. The van der Waals surface area contributed by atoms with Crippen molar-refractivity contribution >= 4 is 46.3 Å². The summed E-state index contributed by atoms with van der Waals surface area (Å²) in [6.07, 6.45) is 0. The molecular formula is C27H18FN3O6S2. The van der Waals surface area contributed by atoms with Crippen LogP contribution >= 0.6 is 23.1 Å². The molecule has 1 saturated heterocycles. The first-order valence-electron chi connectivity index (χ1n) is 11.8. The number of carbonyl (C=O) groups excluding carboxylic acids is 2. The van der Waals surface area contributed by atoms with Crippen molar-refractivity contribution < 1.29 is 23.6 Å². The van der Waals surface area contributed by atoms with Crippen LogP contribution in [0.25, 0.3) is 0 Å². The maximum Gasteiger partial charge on any atom is 0.305 e. The first-order valence-corrected chi connectivity index (χ1v) is 13.5. The molecule has 2 aliphatic rings. The van der Waals surface area contributed by atoms with Crippen molar-refractivity contribution in [2.75, 3.05) is 4.90 Å². The molecule has 12 heteroatoms. The number of H-pyrrole nitrogens is 1. The van der Waals surface area contributed by atoms with Gasteiger partial charge in [0, 0.05) is 28.5 Å². The number of hydrogen-bond donors (Lipinski definition) is 1. The molecule has 39 heavy (non-hydrogen) atoms. The van der Waals surface area contributed by atoms with Crippen molar-refractivity contribution in [1.29, 1.82) is 0 Å². The number of ether oxygens (including phenoxy) is 1. The SMILES string of the molecule is O=C1[C@H]2[C@H](c3cc([N+](=O)[O-])ccc3OCc3ccccc3)c3sc(=O)[nH]c3S[C@H]2C(=O)N1c1ccc(F)cc1. The number of carbonyl (C=O) groups is 2. The van der Waals surface area contributed by atoms with Crippen LogP contribution in [0.4, 0.5) is 15.8 Å². The van der Waals surface area contributed by atoms with Gasteiger partial charge in [0.05, 0.1) is 21.6 Å². The number of aromatic nitrogens is 1. The number of nitrogens with zero attached hydrogens (tertiary/aromatic N) is 2. The molecule has 0 aliphatic carbocycles. The predicted molar refractivity (Wildman–Crippen MR) is 143 cm³/mol. The van der Waals surface area contributed by atoms with Crippen molar-refractivity contribution in [3.8, 4) is 5.75 Å². The maximum atomic E-state index is 13.9. The van der Waals surface area contributed by atoms with E-state index >= 15 is 0 Å². The summed E-state index contributed by atoms with van der Waals surface area (Å²) in [5.41, 5.74) is 1.19. The third-order valence-corrected chi connectivity index (χ3v) is 9.09. The Labute approximate surface area is 228 Å². The topological polar surface area (TPSA) is 123 Å². The van der Waals surface area contributed by atoms with Crippen molar-refractivity contribution in [3.05, 3.63) is 114 Å². The van der Waals surface area contributed by atoms with Gasteiger partial charge in [0.15, 0.2) is 0 Å². The van der Waals surface area contributed by atoms with Crippen LogP contribution in [0.1, 0.15) is 21.9 Å². The normalized spacial score (nSPS) is 20.0. The van der Waals surface area contributed by atoms with Gasteiger partial charge in [0.1, 0.15) is 23.4 Å². The molecule has 4 aromatic rings. The third kappa shape index (κ3) is 4.41. The Morgan fingerprint density at radius 1 is 1.00 bits per heavy atom. The quantitative estimate of drug-likeness (QED) is 0.202. The number of imide groups is 1. The van der Waals surface area contributed by atoms with Gasteiger partial charge in [0.2, 0.25) is 11.8 Å². The van der Waals surface area contributed by atoms with E-state index in [-0.39, 0.29) is 22.9 Å². The minimum Gasteiger partial charge on any atom is -0.489 e. The van der Waals surface area contributed by atoms with E-state index in [1.807, 2.05) is 30.3 Å². The minimum absolute atomic E-state index is 0.159. The van der Waals surface area contributed by atoms with Crippen LogP contribution in [0, 0.1) is 21.8 Å². The highest BCUT2D eigenvalue weighted by Gasteiger charge is 2.57. The van der Waals surface area contributed by atoms with Gasteiger partial charge in [-0.3, -0.25) is 24.5 Å². The van der Waals surface area contributed by atoms with Gasteiger partial charge in [-0.15, -0.1) is 0 Å². The molecule has 0 unspecified atom stereocenters. The Balaban J connectivity index is 1.48. The highest BCUT2D eigenvalue weighted by atomic mass is 32.2. The van der Waals surface area contributed by atoms with E-state index in [1.165, 1.54) is 30.3 Å². The summed E-state index contributed by atoms with van der Waals surface area (Å²) in [6.45, 7) is 0.159. The van der Waals surface area contributed by atoms with Crippen molar-refractivity contribution in [2.24, 2.45) is 5.92 Å². The molecule has 1 N–H and O–H groups in total. The molecule has 1 fully saturated rings. The fraction of sp³-hybridized carbons (Fsp3) is 0.148. The number of hydrogen-bond acceptors (Lipinski definition) is 8. The lowest BCUT2D eigenvalue weighted by Crippen LogP contribution is -2.32. The Morgan fingerprint density at radius 2 is 1.74 bits per heavy atom. The number of aromatic amines is 1. The van der Waals surface area contributed by atoms with Crippen LogP contribution < -0.4 is 14.5 Å². The molecule has 3 aromatic carbocycles. The van der Waals surface area contributed by atoms with Crippen LogP contribution in [0.2, 0.25) is 0 Å². The van der Waals surface area contributed by atoms with E-state index in [0.29, 0.717) is 21.2 Å². The number of amides is 2. The zero-order chi connectivity index (χ0) is 27.3. The zero-order valence-corrected chi connectivity index (χ0v) is 21.5. The molecule has 196 valence electrons. The average molecular weight is 564 g/mol. The number of fused-ring (bicyclic) bond motifs is 2. The molecular weight excluding hydrogens is 545 g/mol. The lowest BCUT2D eigenvalue weighted by Gasteiger charge is -2.30. The van der Waals surface area contributed by atoms with Crippen LogP contribution in [0.15, 0.2) is 82.6 Å². The van der Waals surface area contributed by atoms with E-state index in [9.17, 15) is 28.9 Å². The van der Waals surface area contributed by atoms with Crippen molar-refractivity contribution in [1.82, 2.24) is 4.98 Å². The van der Waals surface area contributed by atoms with E-state index in [1.54, 1.807) is 0 Å². The molecule has 0 spiro atoms. The summed E-state index contributed by atoms with van der Waals surface area (Å²) in [7, 11) is 0. The maximum absolute atomic E-state index is 13.9. The lowest BCUT2D eigenvalue weighted by atomic mass is 9.82. The second kappa shape index (κ2) is 9.79. The fourth-order valence-corrected chi connectivity index (χ4v) is 7.46. The van der Waals surface area contributed by atoms with Crippen LogP contribution in [0.5, 0.6) is 5.75 Å². The fourth-order valence-electron chi connectivity index (χ4n) is 4.96. The van der Waals surface area contributed by atoms with Gasteiger partial charge in [-0.1, -0.05) is 53.4 Å². The second-order valence-electron chi connectivity index (χ2n) is 8.99. The van der Waals surface area contributed by atoms with E-state index in [2.05, 4.69) is 4.98 Å². The number of halogens is 1. The molecule has 1 aromatic heterocycles. The Morgan fingerprint density at radius 3 is 2.46 bits per heavy atom. The summed E-state index contributed by atoms with van der Waals surface area (Å²) in [6, 6.07) is 18.5. The number of non-ortho nitro benzene ring substituents is 1. The standard InChI is InChI=1S/C27H18FN3O6S2/c28-15-6-8-16(9-7-15)30-25(32)21-20(22-24(29-27(34)39-22)38-23(21)26(30)33)18-12-17(31(35)36)10-11-19(18)37-13-14-4-2-1-3-5-14/h1-12,20-21,23H,13H2,(H,29,34)/t20-,21-,23+/m0/s1.